The number of rotatable bonds is 3. The van der Waals surface area contributed by atoms with Crippen molar-refractivity contribution in [2.24, 2.45) is 0 Å². The lowest BCUT2D eigenvalue weighted by molar-refractivity contribution is 0.0987. The molecule has 0 aliphatic heterocycles. The van der Waals surface area contributed by atoms with E-state index in [-0.39, 0.29) is 11.5 Å². The fourth-order valence-corrected chi connectivity index (χ4v) is 2.36. The van der Waals surface area contributed by atoms with E-state index in [4.69, 9.17) is 5.73 Å². The predicted molar refractivity (Wildman–Crippen MR) is 82.3 cm³/mol. The van der Waals surface area contributed by atoms with Crippen molar-refractivity contribution in [3.8, 4) is 0 Å². The Morgan fingerprint density at radius 2 is 2.05 bits per heavy atom. The van der Waals surface area contributed by atoms with Crippen LogP contribution in [-0.2, 0) is 0 Å². The van der Waals surface area contributed by atoms with Gasteiger partial charge in [0.25, 0.3) is 5.91 Å². The molecule has 0 aromatic heterocycles. The number of nitrogen functional groups attached to an aromatic ring is 1. The van der Waals surface area contributed by atoms with Gasteiger partial charge in [-0.3, -0.25) is 4.79 Å². The van der Waals surface area contributed by atoms with Crippen LogP contribution in [0.15, 0.2) is 46.9 Å². The molecule has 0 saturated heterocycles. The summed E-state index contributed by atoms with van der Waals surface area (Å²) in [7, 11) is 0. The van der Waals surface area contributed by atoms with Crippen LogP contribution in [-0.4, -0.2) is 12.5 Å². The van der Waals surface area contributed by atoms with Crippen LogP contribution in [0.2, 0.25) is 0 Å². The Hall–Kier alpha value is -1.88. The maximum atomic E-state index is 13.3. The first-order chi connectivity index (χ1) is 9.52. The minimum atomic E-state index is -0.444. The molecular weight excluding hydrogens is 323 g/mol. The zero-order valence-electron chi connectivity index (χ0n) is 10.9. The van der Waals surface area contributed by atoms with Crippen LogP contribution in [0.1, 0.15) is 17.3 Å². The van der Waals surface area contributed by atoms with E-state index in [9.17, 15) is 9.18 Å². The van der Waals surface area contributed by atoms with Gasteiger partial charge in [-0.1, -0.05) is 6.07 Å². The summed E-state index contributed by atoms with van der Waals surface area (Å²) in [5.74, 6) is -0.718. The minimum absolute atomic E-state index is 0.274. The second-order valence-electron chi connectivity index (χ2n) is 4.27. The first kappa shape index (κ1) is 14.5. The number of amides is 1. The Labute approximate surface area is 125 Å². The maximum absolute atomic E-state index is 13.3. The molecule has 20 heavy (non-hydrogen) atoms. The average Bonchev–Trinajstić information content (AvgIpc) is 2.42. The Morgan fingerprint density at radius 1 is 1.30 bits per heavy atom. The lowest BCUT2D eigenvalue weighted by Gasteiger charge is -2.22. The van der Waals surface area contributed by atoms with E-state index in [0.717, 1.165) is 0 Å². The van der Waals surface area contributed by atoms with E-state index in [1.165, 1.54) is 18.2 Å². The van der Waals surface area contributed by atoms with Gasteiger partial charge in [0.15, 0.2) is 0 Å². The zero-order valence-corrected chi connectivity index (χ0v) is 12.5. The van der Waals surface area contributed by atoms with E-state index in [2.05, 4.69) is 15.9 Å². The Kier molecular flexibility index (Phi) is 4.39. The zero-order chi connectivity index (χ0) is 14.7. The Balaban J connectivity index is 2.41. The molecule has 104 valence electrons. The van der Waals surface area contributed by atoms with Gasteiger partial charge in [0.05, 0.1) is 5.56 Å². The van der Waals surface area contributed by atoms with E-state index in [0.29, 0.717) is 22.4 Å². The van der Waals surface area contributed by atoms with Crippen molar-refractivity contribution in [3.63, 3.8) is 0 Å². The third kappa shape index (κ3) is 2.99. The molecule has 0 aliphatic rings. The SMILES string of the molecule is CCN(C(=O)c1cc(F)ccc1Br)c1cccc(N)c1. The third-order valence-electron chi connectivity index (χ3n) is 2.90. The molecule has 0 fully saturated rings. The van der Waals surface area contributed by atoms with Crippen molar-refractivity contribution in [1.29, 1.82) is 0 Å². The van der Waals surface area contributed by atoms with Gasteiger partial charge in [-0.2, -0.15) is 0 Å². The molecule has 0 bridgehead atoms. The highest BCUT2D eigenvalue weighted by molar-refractivity contribution is 9.10. The topological polar surface area (TPSA) is 46.3 Å². The van der Waals surface area contributed by atoms with Gasteiger partial charge in [0.1, 0.15) is 5.82 Å². The third-order valence-corrected chi connectivity index (χ3v) is 3.59. The molecule has 2 aromatic carbocycles. The lowest BCUT2D eigenvalue weighted by Crippen LogP contribution is -2.31. The van der Waals surface area contributed by atoms with Gasteiger partial charge in [0, 0.05) is 22.4 Å². The highest BCUT2D eigenvalue weighted by atomic mass is 79.9. The summed E-state index contributed by atoms with van der Waals surface area (Å²) in [4.78, 5) is 14.1. The number of carbonyl (C=O) groups is 1. The smallest absolute Gasteiger partial charge is 0.259 e. The molecule has 0 saturated carbocycles. The van der Waals surface area contributed by atoms with Crippen LogP contribution in [0.25, 0.3) is 0 Å². The van der Waals surface area contributed by atoms with Crippen molar-refractivity contribution < 1.29 is 9.18 Å². The molecule has 0 radical (unpaired) electrons. The van der Waals surface area contributed by atoms with Gasteiger partial charge in [-0.25, -0.2) is 4.39 Å². The molecule has 2 rings (SSSR count). The van der Waals surface area contributed by atoms with Gasteiger partial charge in [-0.15, -0.1) is 0 Å². The highest BCUT2D eigenvalue weighted by Gasteiger charge is 2.19. The van der Waals surface area contributed by atoms with Crippen LogP contribution in [0.5, 0.6) is 0 Å². The number of nitrogens with zero attached hydrogens (tertiary/aromatic N) is 1. The molecule has 0 heterocycles. The number of anilines is 2. The molecule has 0 spiro atoms. The van der Waals surface area contributed by atoms with E-state index in [1.807, 2.05) is 6.92 Å². The number of benzene rings is 2. The minimum Gasteiger partial charge on any atom is -0.399 e. The van der Waals surface area contributed by atoms with Crippen molar-refractivity contribution in [3.05, 3.63) is 58.3 Å². The molecule has 0 atom stereocenters. The number of halogens is 2. The second-order valence-corrected chi connectivity index (χ2v) is 5.12. The van der Waals surface area contributed by atoms with Crippen molar-refractivity contribution >= 4 is 33.2 Å². The van der Waals surface area contributed by atoms with E-state index in [1.54, 1.807) is 29.2 Å². The quantitative estimate of drug-likeness (QED) is 0.865. The molecular formula is C15H14BrFN2O. The largest absolute Gasteiger partial charge is 0.399 e. The summed E-state index contributed by atoms with van der Waals surface area (Å²) >= 11 is 3.28. The molecule has 2 aromatic rings. The monoisotopic (exact) mass is 336 g/mol. The summed E-state index contributed by atoms with van der Waals surface area (Å²) < 4.78 is 13.9. The number of carbonyl (C=O) groups excluding carboxylic acids is 1. The summed E-state index contributed by atoms with van der Waals surface area (Å²) in [6.45, 7) is 2.32. The first-order valence-corrected chi connectivity index (χ1v) is 6.94. The number of hydrogen-bond donors (Lipinski definition) is 1. The van der Waals surface area contributed by atoms with E-state index >= 15 is 0 Å². The summed E-state index contributed by atoms with van der Waals surface area (Å²) in [5, 5.41) is 0. The molecule has 3 nitrogen and oxygen atoms in total. The van der Waals surface area contributed by atoms with Crippen molar-refractivity contribution in [1.82, 2.24) is 0 Å². The van der Waals surface area contributed by atoms with Crippen LogP contribution >= 0.6 is 15.9 Å². The van der Waals surface area contributed by atoms with Crippen LogP contribution in [0.3, 0.4) is 0 Å². The lowest BCUT2D eigenvalue weighted by atomic mass is 10.1. The van der Waals surface area contributed by atoms with Gasteiger partial charge in [0.2, 0.25) is 0 Å². The van der Waals surface area contributed by atoms with Gasteiger partial charge < -0.3 is 10.6 Å². The Bertz CT molecular complexity index is 646. The fraction of sp³-hybridized carbons (Fsp3) is 0.133. The average molecular weight is 337 g/mol. The highest BCUT2D eigenvalue weighted by Crippen LogP contribution is 2.24. The van der Waals surface area contributed by atoms with Gasteiger partial charge >= 0.3 is 0 Å². The van der Waals surface area contributed by atoms with Crippen LogP contribution < -0.4 is 10.6 Å². The molecule has 0 unspecified atom stereocenters. The van der Waals surface area contributed by atoms with Crippen LogP contribution in [0, 0.1) is 5.82 Å². The van der Waals surface area contributed by atoms with Crippen molar-refractivity contribution in [2.75, 3.05) is 17.2 Å². The molecule has 0 aliphatic carbocycles. The fourth-order valence-electron chi connectivity index (χ4n) is 1.94. The summed E-state index contributed by atoms with van der Waals surface area (Å²) in [6.07, 6.45) is 0. The molecule has 2 N–H and O–H groups in total. The Morgan fingerprint density at radius 3 is 2.70 bits per heavy atom. The number of hydrogen-bond acceptors (Lipinski definition) is 2. The normalized spacial score (nSPS) is 10.3. The van der Waals surface area contributed by atoms with Crippen molar-refractivity contribution in [2.45, 2.75) is 6.92 Å². The number of nitrogens with two attached hydrogens (primary N) is 1. The summed E-state index contributed by atoms with van der Waals surface area (Å²) in [6, 6.07) is 11.1. The van der Waals surface area contributed by atoms with Crippen LogP contribution in [0.4, 0.5) is 15.8 Å². The molecule has 1 amide bonds. The van der Waals surface area contributed by atoms with Gasteiger partial charge in [-0.05, 0) is 59.3 Å². The standard InChI is InChI=1S/C15H14BrFN2O/c1-2-19(12-5-3-4-11(18)9-12)15(20)13-8-10(17)6-7-14(13)16/h3-9H,2,18H2,1H3. The maximum Gasteiger partial charge on any atom is 0.259 e. The predicted octanol–water partition coefficient (Wildman–Crippen LogP) is 3.84. The second kappa shape index (κ2) is 6.05. The summed E-state index contributed by atoms with van der Waals surface area (Å²) in [5.41, 5.74) is 7.29. The molecule has 5 heteroatoms. The van der Waals surface area contributed by atoms with E-state index < -0.39 is 5.82 Å². The first-order valence-electron chi connectivity index (χ1n) is 6.15.